The molecule has 0 aliphatic heterocycles. The van der Waals surface area contributed by atoms with Crippen LogP contribution in [0.25, 0.3) is 0 Å². The van der Waals surface area contributed by atoms with Crippen LogP contribution in [0.5, 0.6) is 0 Å². The lowest BCUT2D eigenvalue weighted by Gasteiger charge is -2.25. The number of hydrogen-bond acceptors (Lipinski definition) is 5. The lowest BCUT2D eigenvalue weighted by Crippen LogP contribution is -2.51. The van der Waals surface area contributed by atoms with Crippen molar-refractivity contribution < 1.29 is 14.3 Å². The second-order valence-electron chi connectivity index (χ2n) is 8.43. The van der Waals surface area contributed by atoms with Crippen LogP contribution in [-0.2, 0) is 16.0 Å². The number of nitrogens with zero attached hydrogens (tertiary/aromatic N) is 1. The summed E-state index contributed by atoms with van der Waals surface area (Å²) in [5, 5.41) is 9.21. The lowest BCUT2D eigenvalue weighted by atomic mass is 10.1. The number of ether oxygens (including phenoxy) is 1. The Hall–Kier alpha value is -2.15. The van der Waals surface area contributed by atoms with Crippen LogP contribution in [0.4, 0.5) is 4.79 Å². The van der Waals surface area contributed by atoms with Gasteiger partial charge in [0.15, 0.2) is 0 Å². The van der Waals surface area contributed by atoms with Crippen molar-refractivity contribution >= 4 is 12.0 Å². The highest BCUT2D eigenvalue weighted by Gasteiger charge is 2.25. The zero-order valence-electron chi connectivity index (χ0n) is 17.5. The first-order chi connectivity index (χ1) is 13.3. The maximum Gasteiger partial charge on any atom is 0.407 e. The summed E-state index contributed by atoms with van der Waals surface area (Å²) >= 11 is 0. The van der Waals surface area contributed by atoms with E-state index in [0.717, 1.165) is 12.2 Å². The van der Waals surface area contributed by atoms with Crippen LogP contribution in [0.1, 0.15) is 52.7 Å². The largest absolute Gasteiger partial charge is 0.444 e. The number of carbonyl (C=O) groups excluding carboxylic acids is 2. The van der Waals surface area contributed by atoms with Crippen molar-refractivity contribution in [3.8, 4) is 0 Å². The molecule has 0 aromatic carbocycles. The number of nitrogens with one attached hydrogen (secondary N) is 3. The Balaban J connectivity index is 1.92. The molecule has 0 spiro atoms. The predicted octanol–water partition coefficient (Wildman–Crippen LogP) is 2.41. The molecule has 1 fully saturated rings. The molecule has 156 valence electrons. The average Bonchev–Trinajstić information content (AvgIpc) is 3.44. The minimum atomic E-state index is -0.568. The summed E-state index contributed by atoms with van der Waals surface area (Å²) in [6, 6.07) is 5.17. The van der Waals surface area contributed by atoms with Gasteiger partial charge >= 0.3 is 6.09 Å². The Morgan fingerprint density at radius 2 is 2.04 bits per heavy atom. The van der Waals surface area contributed by atoms with Gasteiger partial charge in [-0.15, -0.1) is 0 Å². The fourth-order valence-corrected chi connectivity index (χ4v) is 2.82. The normalized spacial score (nSPS) is 16.1. The molecule has 2 atom stereocenters. The summed E-state index contributed by atoms with van der Waals surface area (Å²) in [7, 11) is 0. The van der Waals surface area contributed by atoms with Gasteiger partial charge in [-0.3, -0.25) is 9.78 Å². The van der Waals surface area contributed by atoms with Crippen molar-refractivity contribution in [2.75, 3.05) is 13.1 Å². The quantitative estimate of drug-likeness (QED) is 0.571. The van der Waals surface area contributed by atoms with Crippen LogP contribution in [-0.4, -0.2) is 47.8 Å². The Bertz CT molecular complexity index is 626. The zero-order valence-corrected chi connectivity index (χ0v) is 17.5. The van der Waals surface area contributed by atoms with Crippen molar-refractivity contribution in [1.82, 2.24) is 20.9 Å². The molecule has 1 aliphatic carbocycles. The third-order valence-corrected chi connectivity index (χ3v) is 4.50. The predicted molar refractivity (Wildman–Crippen MR) is 109 cm³/mol. The molecule has 7 nitrogen and oxygen atoms in total. The Kier molecular flexibility index (Phi) is 8.23. The first-order valence-electron chi connectivity index (χ1n) is 10.2. The maximum atomic E-state index is 12.4. The van der Waals surface area contributed by atoms with Crippen molar-refractivity contribution in [3.05, 3.63) is 30.1 Å². The van der Waals surface area contributed by atoms with E-state index >= 15 is 0 Å². The Labute approximate surface area is 168 Å². The highest BCUT2D eigenvalue weighted by molar-refractivity contribution is 5.81. The van der Waals surface area contributed by atoms with Crippen LogP contribution < -0.4 is 16.0 Å². The van der Waals surface area contributed by atoms with Gasteiger partial charge in [0, 0.05) is 31.4 Å². The number of amides is 2. The lowest BCUT2D eigenvalue weighted by molar-refractivity contribution is -0.123. The Morgan fingerprint density at radius 1 is 1.29 bits per heavy atom. The second-order valence-corrected chi connectivity index (χ2v) is 8.43. The topological polar surface area (TPSA) is 92.3 Å². The van der Waals surface area contributed by atoms with E-state index in [1.807, 2.05) is 45.9 Å². The third kappa shape index (κ3) is 8.69. The molecule has 1 saturated carbocycles. The van der Waals surface area contributed by atoms with Crippen molar-refractivity contribution in [3.63, 3.8) is 0 Å². The second kappa shape index (κ2) is 10.4. The van der Waals surface area contributed by atoms with Gasteiger partial charge in [-0.25, -0.2) is 4.79 Å². The summed E-state index contributed by atoms with van der Waals surface area (Å²) in [5.41, 5.74) is 0.304. The van der Waals surface area contributed by atoms with Gasteiger partial charge in [0.1, 0.15) is 5.60 Å². The monoisotopic (exact) mass is 390 g/mol. The number of rotatable bonds is 10. The molecule has 3 N–H and O–H groups in total. The molecule has 0 unspecified atom stereocenters. The van der Waals surface area contributed by atoms with Crippen molar-refractivity contribution in [2.45, 2.75) is 71.1 Å². The molecular weight excluding hydrogens is 356 g/mol. The standard InChI is InChI=1S/C21H34N4O3/c1-5-18(19(26)24-13-15-9-10-15)23-14-17(12-16-8-6-7-11-22-16)25-20(27)28-21(2,3)4/h6-8,11,15,17-18,23H,5,9-10,12-14H2,1-4H3,(H,24,26)(H,25,27)/t17-,18-/m0/s1. The summed E-state index contributed by atoms with van der Waals surface area (Å²) in [4.78, 5) is 29.0. The molecule has 1 aliphatic rings. The van der Waals surface area contributed by atoms with Gasteiger partial charge in [0.25, 0.3) is 0 Å². The molecule has 0 saturated heterocycles. The molecule has 2 amide bonds. The number of aromatic nitrogens is 1. The van der Waals surface area contributed by atoms with Gasteiger partial charge in [0.05, 0.1) is 12.1 Å². The fourth-order valence-electron chi connectivity index (χ4n) is 2.82. The van der Waals surface area contributed by atoms with Gasteiger partial charge in [-0.2, -0.15) is 0 Å². The molecule has 7 heteroatoms. The van der Waals surface area contributed by atoms with E-state index in [2.05, 4.69) is 20.9 Å². The zero-order chi connectivity index (χ0) is 20.6. The average molecular weight is 391 g/mol. The molecule has 1 aromatic rings. The van der Waals surface area contributed by atoms with Crippen molar-refractivity contribution in [1.29, 1.82) is 0 Å². The van der Waals surface area contributed by atoms with E-state index in [4.69, 9.17) is 4.74 Å². The molecule has 28 heavy (non-hydrogen) atoms. The van der Waals surface area contributed by atoms with E-state index in [1.54, 1.807) is 6.20 Å². The number of pyridine rings is 1. The molecule has 0 bridgehead atoms. The molecule has 0 radical (unpaired) electrons. The minimum Gasteiger partial charge on any atom is -0.444 e. The van der Waals surface area contributed by atoms with Crippen LogP contribution in [0.15, 0.2) is 24.4 Å². The van der Waals surface area contributed by atoms with Gasteiger partial charge in [-0.1, -0.05) is 13.0 Å². The minimum absolute atomic E-state index is 0.0169. The number of hydrogen-bond donors (Lipinski definition) is 3. The van der Waals surface area contributed by atoms with Crippen LogP contribution >= 0.6 is 0 Å². The summed E-state index contributed by atoms with van der Waals surface area (Å²) in [6.45, 7) is 8.67. The van der Waals surface area contributed by atoms with Crippen LogP contribution in [0.2, 0.25) is 0 Å². The number of alkyl carbamates (subject to hydrolysis) is 1. The van der Waals surface area contributed by atoms with E-state index in [1.165, 1.54) is 12.8 Å². The van der Waals surface area contributed by atoms with Gasteiger partial charge < -0.3 is 20.7 Å². The molecular formula is C21H34N4O3. The van der Waals surface area contributed by atoms with Gasteiger partial charge in [0.2, 0.25) is 5.91 Å². The maximum absolute atomic E-state index is 12.4. The third-order valence-electron chi connectivity index (χ3n) is 4.50. The molecule has 1 aromatic heterocycles. The number of carbonyl (C=O) groups is 2. The Morgan fingerprint density at radius 3 is 2.61 bits per heavy atom. The smallest absolute Gasteiger partial charge is 0.407 e. The molecule has 2 rings (SSSR count). The SMILES string of the molecule is CC[C@H](NC[C@H](Cc1ccccn1)NC(=O)OC(C)(C)C)C(=O)NCC1CC1. The highest BCUT2D eigenvalue weighted by atomic mass is 16.6. The highest BCUT2D eigenvalue weighted by Crippen LogP contribution is 2.27. The van der Waals surface area contributed by atoms with E-state index < -0.39 is 11.7 Å². The van der Waals surface area contributed by atoms with E-state index in [9.17, 15) is 9.59 Å². The van der Waals surface area contributed by atoms with Gasteiger partial charge in [-0.05, 0) is 58.1 Å². The first kappa shape index (κ1) is 22.1. The van der Waals surface area contributed by atoms with E-state index in [-0.39, 0.29) is 18.0 Å². The summed E-state index contributed by atoms with van der Waals surface area (Å²) < 4.78 is 5.38. The van der Waals surface area contributed by atoms with E-state index in [0.29, 0.717) is 25.3 Å². The first-order valence-corrected chi connectivity index (χ1v) is 10.2. The fraction of sp³-hybridized carbons (Fsp3) is 0.667. The molecule has 1 heterocycles. The van der Waals surface area contributed by atoms with Crippen molar-refractivity contribution in [2.24, 2.45) is 5.92 Å². The van der Waals surface area contributed by atoms with Crippen LogP contribution in [0, 0.1) is 5.92 Å². The summed E-state index contributed by atoms with van der Waals surface area (Å²) in [5.74, 6) is 0.662. The summed E-state index contributed by atoms with van der Waals surface area (Å²) in [6.07, 6.45) is 4.90. The van der Waals surface area contributed by atoms with Crippen LogP contribution in [0.3, 0.4) is 0 Å².